The van der Waals surface area contributed by atoms with Crippen molar-refractivity contribution in [2.75, 3.05) is 6.61 Å². The minimum Gasteiger partial charge on any atom is -0.507 e. The van der Waals surface area contributed by atoms with E-state index in [-0.39, 0.29) is 17.4 Å². The SMILES string of the molecule is CCCOc1ccc(/C(O)=C2/C(=O)C(=O)N(C3CCCCC3)C2c2ccccc2)cc1. The molecular formula is C26H29NO4. The largest absolute Gasteiger partial charge is 0.507 e. The Hall–Kier alpha value is -3.08. The Morgan fingerprint density at radius 2 is 1.68 bits per heavy atom. The zero-order valence-corrected chi connectivity index (χ0v) is 17.9. The number of ether oxygens (including phenoxy) is 1. The number of aliphatic hydroxyl groups excluding tert-OH is 1. The fourth-order valence-electron chi connectivity index (χ4n) is 4.63. The van der Waals surface area contributed by atoms with Crippen LogP contribution in [0.2, 0.25) is 0 Å². The fourth-order valence-corrected chi connectivity index (χ4v) is 4.63. The quantitative estimate of drug-likeness (QED) is 0.396. The molecule has 4 rings (SSSR count). The Kier molecular flexibility index (Phi) is 6.40. The normalized spacial score (nSPS) is 21.5. The molecule has 1 heterocycles. The maximum absolute atomic E-state index is 13.1. The van der Waals surface area contributed by atoms with Crippen molar-refractivity contribution in [2.45, 2.75) is 57.5 Å². The van der Waals surface area contributed by atoms with Gasteiger partial charge in [0.2, 0.25) is 0 Å². The Bertz CT molecular complexity index is 959. The number of likely N-dealkylation sites (tertiary alicyclic amines) is 1. The summed E-state index contributed by atoms with van der Waals surface area (Å²) in [4.78, 5) is 28.0. The van der Waals surface area contributed by atoms with Crippen molar-refractivity contribution < 1.29 is 19.4 Å². The number of hydrogen-bond donors (Lipinski definition) is 1. The van der Waals surface area contributed by atoms with E-state index in [1.807, 2.05) is 37.3 Å². The summed E-state index contributed by atoms with van der Waals surface area (Å²) in [7, 11) is 0. The zero-order valence-electron chi connectivity index (χ0n) is 17.9. The first-order chi connectivity index (χ1) is 15.1. The van der Waals surface area contributed by atoms with Crippen molar-refractivity contribution in [1.29, 1.82) is 0 Å². The van der Waals surface area contributed by atoms with Gasteiger partial charge in [0.05, 0.1) is 18.2 Å². The molecule has 2 fully saturated rings. The van der Waals surface area contributed by atoms with Crippen LogP contribution in [-0.4, -0.2) is 34.3 Å². The number of aliphatic hydroxyl groups is 1. The summed E-state index contributed by atoms with van der Waals surface area (Å²) >= 11 is 0. The molecule has 0 radical (unpaired) electrons. The van der Waals surface area contributed by atoms with Crippen LogP contribution in [0, 0.1) is 0 Å². The van der Waals surface area contributed by atoms with Gasteiger partial charge in [-0.15, -0.1) is 0 Å². The molecule has 1 saturated carbocycles. The molecule has 5 heteroatoms. The summed E-state index contributed by atoms with van der Waals surface area (Å²) in [6.07, 6.45) is 5.94. The van der Waals surface area contributed by atoms with Crippen molar-refractivity contribution in [3.63, 3.8) is 0 Å². The van der Waals surface area contributed by atoms with Crippen molar-refractivity contribution >= 4 is 17.4 Å². The number of carbonyl (C=O) groups is 2. The molecule has 0 bridgehead atoms. The number of Topliss-reactive ketones (excluding diaryl/α,β-unsaturated/α-hetero) is 1. The van der Waals surface area contributed by atoms with Gasteiger partial charge in [0.15, 0.2) is 0 Å². The summed E-state index contributed by atoms with van der Waals surface area (Å²) in [6.45, 7) is 2.65. The van der Waals surface area contributed by atoms with Gasteiger partial charge in [-0.2, -0.15) is 0 Å². The molecule has 2 aromatic rings. The predicted octanol–water partition coefficient (Wildman–Crippen LogP) is 5.23. The second kappa shape index (κ2) is 9.38. The second-order valence-corrected chi connectivity index (χ2v) is 8.28. The van der Waals surface area contributed by atoms with Crippen LogP contribution in [0.3, 0.4) is 0 Å². The number of ketones is 1. The molecule has 0 spiro atoms. The van der Waals surface area contributed by atoms with E-state index in [1.165, 1.54) is 0 Å². The minimum atomic E-state index is -0.608. The lowest BCUT2D eigenvalue weighted by atomic mass is 9.91. The van der Waals surface area contributed by atoms with E-state index in [1.54, 1.807) is 29.2 Å². The Morgan fingerprint density at radius 3 is 2.32 bits per heavy atom. The van der Waals surface area contributed by atoms with Crippen molar-refractivity contribution in [1.82, 2.24) is 4.90 Å². The smallest absolute Gasteiger partial charge is 0.295 e. The number of hydrogen-bond acceptors (Lipinski definition) is 4. The van der Waals surface area contributed by atoms with Gasteiger partial charge < -0.3 is 14.7 Å². The molecule has 0 aromatic heterocycles. The van der Waals surface area contributed by atoms with E-state index in [4.69, 9.17) is 4.74 Å². The van der Waals surface area contributed by atoms with Gasteiger partial charge in [0.1, 0.15) is 11.5 Å². The third kappa shape index (κ3) is 4.22. The first-order valence-corrected chi connectivity index (χ1v) is 11.2. The topological polar surface area (TPSA) is 66.8 Å². The Balaban J connectivity index is 1.76. The highest BCUT2D eigenvalue weighted by atomic mass is 16.5. The van der Waals surface area contributed by atoms with Gasteiger partial charge in [0.25, 0.3) is 11.7 Å². The predicted molar refractivity (Wildman–Crippen MR) is 120 cm³/mol. The van der Waals surface area contributed by atoms with Gasteiger partial charge in [-0.25, -0.2) is 0 Å². The molecule has 162 valence electrons. The average molecular weight is 420 g/mol. The van der Waals surface area contributed by atoms with Crippen molar-refractivity contribution in [2.24, 2.45) is 0 Å². The molecule has 1 N–H and O–H groups in total. The lowest BCUT2D eigenvalue weighted by Crippen LogP contribution is -2.40. The standard InChI is InChI=1S/C26H29NO4/c1-2-17-31-21-15-13-19(14-16-21)24(28)22-23(18-9-5-3-6-10-18)27(26(30)25(22)29)20-11-7-4-8-12-20/h3,5-6,9-10,13-16,20,23,28H,2,4,7-8,11-12,17H2,1H3/b24-22-. The summed E-state index contributed by atoms with van der Waals surface area (Å²) in [6, 6.07) is 16.0. The van der Waals surface area contributed by atoms with E-state index in [2.05, 4.69) is 0 Å². The number of nitrogens with zero attached hydrogens (tertiary/aromatic N) is 1. The lowest BCUT2D eigenvalue weighted by molar-refractivity contribution is -0.141. The van der Waals surface area contributed by atoms with Gasteiger partial charge in [-0.3, -0.25) is 9.59 Å². The van der Waals surface area contributed by atoms with Crippen LogP contribution in [0.1, 0.15) is 62.6 Å². The highest BCUT2D eigenvalue weighted by molar-refractivity contribution is 6.46. The highest BCUT2D eigenvalue weighted by Crippen LogP contribution is 2.43. The lowest BCUT2D eigenvalue weighted by Gasteiger charge is -2.35. The van der Waals surface area contributed by atoms with E-state index >= 15 is 0 Å². The van der Waals surface area contributed by atoms with E-state index in [0.717, 1.165) is 44.1 Å². The monoisotopic (exact) mass is 419 g/mol. The molecule has 1 aliphatic heterocycles. The van der Waals surface area contributed by atoms with Gasteiger partial charge in [0, 0.05) is 11.6 Å². The van der Waals surface area contributed by atoms with Crippen LogP contribution >= 0.6 is 0 Å². The Morgan fingerprint density at radius 1 is 1.00 bits per heavy atom. The summed E-state index contributed by atoms with van der Waals surface area (Å²) < 4.78 is 5.61. The number of rotatable bonds is 6. The van der Waals surface area contributed by atoms with Crippen LogP contribution in [0.4, 0.5) is 0 Å². The Labute approximate surface area is 183 Å². The van der Waals surface area contributed by atoms with Crippen LogP contribution in [-0.2, 0) is 9.59 Å². The first-order valence-electron chi connectivity index (χ1n) is 11.2. The van der Waals surface area contributed by atoms with E-state index in [9.17, 15) is 14.7 Å². The van der Waals surface area contributed by atoms with Crippen LogP contribution in [0.25, 0.3) is 5.76 Å². The maximum Gasteiger partial charge on any atom is 0.295 e. The van der Waals surface area contributed by atoms with E-state index < -0.39 is 17.7 Å². The molecule has 5 nitrogen and oxygen atoms in total. The average Bonchev–Trinajstić information content (AvgIpc) is 3.09. The molecule has 31 heavy (non-hydrogen) atoms. The zero-order chi connectivity index (χ0) is 21.8. The molecule has 1 amide bonds. The van der Waals surface area contributed by atoms with Crippen LogP contribution in [0.15, 0.2) is 60.2 Å². The number of benzene rings is 2. The third-order valence-electron chi connectivity index (χ3n) is 6.16. The summed E-state index contributed by atoms with van der Waals surface area (Å²) in [5.41, 5.74) is 1.52. The number of amides is 1. The fraction of sp³-hybridized carbons (Fsp3) is 0.385. The molecule has 2 aliphatic rings. The van der Waals surface area contributed by atoms with Gasteiger partial charge >= 0.3 is 0 Å². The molecular weight excluding hydrogens is 390 g/mol. The van der Waals surface area contributed by atoms with Crippen LogP contribution < -0.4 is 4.74 Å². The highest BCUT2D eigenvalue weighted by Gasteiger charge is 2.48. The van der Waals surface area contributed by atoms with Crippen molar-refractivity contribution in [3.8, 4) is 5.75 Å². The molecule has 1 saturated heterocycles. The third-order valence-corrected chi connectivity index (χ3v) is 6.16. The van der Waals surface area contributed by atoms with Gasteiger partial charge in [-0.05, 0) is 49.1 Å². The maximum atomic E-state index is 13.1. The summed E-state index contributed by atoms with van der Waals surface area (Å²) in [5.74, 6) is -0.540. The summed E-state index contributed by atoms with van der Waals surface area (Å²) in [5, 5.41) is 11.2. The molecule has 2 aromatic carbocycles. The molecule has 1 atom stereocenters. The first kappa shape index (κ1) is 21.2. The molecule has 1 unspecified atom stereocenters. The number of carbonyl (C=O) groups excluding carboxylic acids is 2. The minimum absolute atomic E-state index is 0.0190. The van der Waals surface area contributed by atoms with E-state index in [0.29, 0.717) is 17.9 Å². The van der Waals surface area contributed by atoms with Crippen molar-refractivity contribution in [3.05, 3.63) is 71.3 Å². The molecule has 1 aliphatic carbocycles. The second-order valence-electron chi connectivity index (χ2n) is 8.28. The van der Waals surface area contributed by atoms with Gasteiger partial charge in [-0.1, -0.05) is 56.5 Å². The van der Waals surface area contributed by atoms with Crippen LogP contribution in [0.5, 0.6) is 5.75 Å².